The average Bonchev–Trinajstić information content (AvgIpc) is 3.07. The highest BCUT2D eigenvalue weighted by Gasteiger charge is 2.46. The van der Waals surface area contributed by atoms with Crippen LogP contribution in [0.1, 0.15) is 34.9 Å². The number of aliphatic hydroxyl groups is 1. The molecule has 3 aromatic rings. The molecule has 2 aromatic heterocycles. The molecule has 1 atom stereocenters. The Morgan fingerprint density at radius 3 is 2.64 bits per heavy atom. The summed E-state index contributed by atoms with van der Waals surface area (Å²) in [5, 5.41) is 24.2. The van der Waals surface area contributed by atoms with Gasteiger partial charge in [0.25, 0.3) is 5.92 Å². The highest BCUT2D eigenvalue weighted by Crippen LogP contribution is 2.39. The topological polar surface area (TPSA) is 97.5 Å². The first-order valence-corrected chi connectivity index (χ1v) is 8.67. The highest BCUT2D eigenvalue weighted by molar-refractivity contribution is 5.87. The second kappa shape index (κ2) is 6.92. The number of alkyl halides is 2. The molecule has 0 spiro atoms. The highest BCUT2D eigenvalue weighted by atomic mass is 19.3. The maximum atomic E-state index is 12.8. The number of ether oxygens (including phenoxy) is 1. The number of fused-ring (bicyclic) bond motifs is 1. The molecule has 1 aliphatic carbocycles. The summed E-state index contributed by atoms with van der Waals surface area (Å²) in [7, 11) is 0. The molecule has 1 fully saturated rings. The van der Waals surface area contributed by atoms with E-state index in [-0.39, 0.29) is 25.0 Å². The standard InChI is InChI=1S/C19H17F2N3O4/c20-19(21)6-15(7-19)28-10-16(25)12-5-13-9-23-24(17(13)22-8-12)14-3-1-11(2-4-14)18(26)27/h1-5,8-9,15-16,25H,6-7,10H2,(H,26,27)/t16-/m1/s1. The zero-order valence-electron chi connectivity index (χ0n) is 14.6. The van der Waals surface area contributed by atoms with Crippen molar-refractivity contribution in [2.45, 2.75) is 31.0 Å². The number of carboxylic acid groups (broad SMARTS) is 1. The molecule has 9 heteroatoms. The van der Waals surface area contributed by atoms with E-state index in [9.17, 15) is 18.7 Å². The van der Waals surface area contributed by atoms with Crippen molar-refractivity contribution >= 4 is 17.0 Å². The van der Waals surface area contributed by atoms with Crippen molar-refractivity contribution in [2.24, 2.45) is 0 Å². The lowest BCUT2D eigenvalue weighted by Crippen LogP contribution is -2.41. The first kappa shape index (κ1) is 18.5. The van der Waals surface area contributed by atoms with Crippen LogP contribution in [0, 0.1) is 0 Å². The molecule has 7 nitrogen and oxygen atoms in total. The van der Waals surface area contributed by atoms with Gasteiger partial charge in [-0.25, -0.2) is 23.2 Å². The number of benzene rings is 1. The van der Waals surface area contributed by atoms with E-state index in [0.717, 1.165) is 0 Å². The van der Waals surface area contributed by atoms with E-state index in [0.29, 0.717) is 22.3 Å². The first-order valence-electron chi connectivity index (χ1n) is 8.67. The molecule has 146 valence electrons. The third-order valence-corrected chi connectivity index (χ3v) is 4.72. The molecule has 2 heterocycles. The van der Waals surface area contributed by atoms with E-state index in [1.54, 1.807) is 29.1 Å². The smallest absolute Gasteiger partial charge is 0.335 e. The second-order valence-electron chi connectivity index (χ2n) is 6.83. The van der Waals surface area contributed by atoms with Gasteiger partial charge in [0.15, 0.2) is 5.65 Å². The van der Waals surface area contributed by atoms with Gasteiger partial charge in [0.1, 0.15) is 6.10 Å². The second-order valence-corrected chi connectivity index (χ2v) is 6.83. The van der Waals surface area contributed by atoms with Gasteiger partial charge in [-0.15, -0.1) is 0 Å². The Morgan fingerprint density at radius 2 is 2.00 bits per heavy atom. The zero-order valence-corrected chi connectivity index (χ0v) is 14.6. The summed E-state index contributed by atoms with van der Waals surface area (Å²) in [6.45, 7) is -0.0846. The molecule has 2 N–H and O–H groups in total. The Labute approximate surface area is 158 Å². The van der Waals surface area contributed by atoms with E-state index in [1.165, 1.54) is 18.3 Å². The van der Waals surface area contributed by atoms with Crippen molar-refractivity contribution in [3.8, 4) is 5.69 Å². The van der Waals surface area contributed by atoms with Crippen LogP contribution < -0.4 is 0 Å². The number of carbonyl (C=O) groups is 1. The molecule has 1 aromatic carbocycles. The number of aliphatic hydroxyl groups excluding tert-OH is 1. The van der Waals surface area contributed by atoms with Crippen LogP contribution in [0.4, 0.5) is 8.78 Å². The SMILES string of the molecule is O=C(O)c1ccc(-n2ncc3cc([C@H](O)COC4CC(F)(F)C4)cnc32)cc1. The summed E-state index contributed by atoms with van der Waals surface area (Å²) in [5.74, 6) is -3.67. The third-order valence-electron chi connectivity index (χ3n) is 4.72. The molecular weight excluding hydrogens is 372 g/mol. The Bertz CT molecular complexity index is 1010. The van der Waals surface area contributed by atoms with Crippen LogP contribution >= 0.6 is 0 Å². The minimum absolute atomic E-state index is 0.0846. The number of aromatic nitrogens is 3. The summed E-state index contributed by atoms with van der Waals surface area (Å²) in [4.78, 5) is 15.3. The number of pyridine rings is 1. The Morgan fingerprint density at radius 1 is 1.29 bits per heavy atom. The number of hydrogen-bond donors (Lipinski definition) is 2. The number of hydrogen-bond acceptors (Lipinski definition) is 5. The Kier molecular flexibility index (Phi) is 4.56. The molecule has 0 radical (unpaired) electrons. The summed E-state index contributed by atoms with van der Waals surface area (Å²) in [6, 6.07) is 7.92. The quantitative estimate of drug-likeness (QED) is 0.673. The Hall–Kier alpha value is -2.91. The molecule has 0 unspecified atom stereocenters. The first-order chi connectivity index (χ1) is 13.3. The van der Waals surface area contributed by atoms with Gasteiger partial charge in [-0.1, -0.05) is 0 Å². The van der Waals surface area contributed by atoms with E-state index in [1.807, 2.05) is 0 Å². The van der Waals surface area contributed by atoms with Gasteiger partial charge in [0, 0.05) is 30.0 Å². The van der Waals surface area contributed by atoms with Crippen molar-refractivity contribution in [3.05, 3.63) is 53.9 Å². The van der Waals surface area contributed by atoms with Crippen molar-refractivity contribution in [1.29, 1.82) is 0 Å². The van der Waals surface area contributed by atoms with E-state index < -0.39 is 24.1 Å². The van der Waals surface area contributed by atoms with Crippen LogP contribution in [-0.4, -0.2) is 49.6 Å². The lowest BCUT2D eigenvalue weighted by atomic mass is 9.91. The molecule has 0 saturated heterocycles. The number of rotatable bonds is 6. The van der Waals surface area contributed by atoms with Gasteiger partial charge in [0.2, 0.25) is 0 Å². The predicted molar refractivity (Wildman–Crippen MR) is 94.7 cm³/mol. The van der Waals surface area contributed by atoms with Gasteiger partial charge < -0.3 is 14.9 Å². The normalized spacial score (nSPS) is 17.4. The van der Waals surface area contributed by atoms with Crippen LogP contribution in [0.25, 0.3) is 16.7 Å². The number of nitrogens with zero attached hydrogens (tertiary/aromatic N) is 3. The molecule has 0 amide bonds. The molecule has 1 saturated carbocycles. The minimum atomic E-state index is -2.66. The van der Waals surface area contributed by atoms with Crippen LogP contribution in [0.2, 0.25) is 0 Å². The summed E-state index contributed by atoms with van der Waals surface area (Å²) in [6.07, 6.45) is 0.920. The van der Waals surface area contributed by atoms with Crippen molar-refractivity contribution in [1.82, 2.24) is 14.8 Å². The number of halogens is 2. The number of aromatic carboxylic acids is 1. The third kappa shape index (κ3) is 3.58. The van der Waals surface area contributed by atoms with Crippen molar-refractivity contribution in [3.63, 3.8) is 0 Å². The lowest BCUT2D eigenvalue weighted by Gasteiger charge is -2.35. The van der Waals surface area contributed by atoms with E-state index >= 15 is 0 Å². The average molecular weight is 389 g/mol. The maximum Gasteiger partial charge on any atom is 0.335 e. The fourth-order valence-electron chi connectivity index (χ4n) is 3.10. The van der Waals surface area contributed by atoms with Crippen LogP contribution in [0.15, 0.2) is 42.7 Å². The fourth-order valence-corrected chi connectivity index (χ4v) is 3.10. The summed E-state index contributed by atoms with van der Waals surface area (Å²) in [5.41, 5.74) is 1.86. The summed E-state index contributed by atoms with van der Waals surface area (Å²) >= 11 is 0. The fraction of sp³-hybridized carbons (Fsp3) is 0.316. The largest absolute Gasteiger partial charge is 0.478 e. The van der Waals surface area contributed by atoms with Crippen molar-refractivity contribution in [2.75, 3.05) is 6.61 Å². The maximum absolute atomic E-state index is 12.8. The lowest BCUT2D eigenvalue weighted by molar-refractivity contribution is -0.173. The van der Waals surface area contributed by atoms with Gasteiger partial charge in [0.05, 0.1) is 30.2 Å². The van der Waals surface area contributed by atoms with Gasteiger partial charge in [-0.05, 0) is 30.3 Å². The predicted octanol–water partition coefficient (Wildman–Crippen LogP) is 2.97. The van der Waals surface area contributed by atoms with Crippen LogP contribution in [0.5, 0.6) is 0 Å². The molecule has 1 aliphatic rings. The molecule has 28 heavy (non-hydrogen) atoms. The van der Waals surface area contributed by atoms with Gasteiger partial charge in [-0.2, -0.15) is 5.10 Å². The molecule has 0 bridgehead atoms. The number of carboxylic acids is 1. The Balaban J connectivity index is 1.48. The zero-order chi connectivity index (χ0) is 19.9. The molecule has 0 aliphatic heterocycles. The monoisotopic (exact) mass is 389 g/mol. The van der Waals surface area contributed by atoms with Gasteiger partial charge in [-0.3, -0.25) is 0 Å². The van der Waals surface area contributed by atoms with E-state index in [2.05, 4.69) is 10.1 Å². The molecular formula is C19H17F2N3O4. The van der Waals surface area contributed by atoms with Gasteiger partial charge >= 0.3 is 5.97 Å². The van der Waals surface area contributed by atoms with Crippen LogP contribution in [0.3, 0.4) is 0 Å². The minimum Gasteiger partial charge on any atom is -0.478 e. The molecule has 4 rings (SSSR count). The van der Waals surface area contributed by atoms with Crippen molar-refractivity contribution < 1.29 is 28.5 Å². The summed E-state index contributed by atoms with van der Waals surface area (Å²) < 4.78 is 32.5. The van der Waals surface area contributed by atoms with Crippen LogP contribution in [-0.2, 0) is 4.74 Å². The van der Waals surface area contributed by atoms with E-state index in [4.69, 9.17) is 9.84 Å².